The average molecular weight is 668 g/mol. The maximum absolute atomic E-state index is 16.9. The summed E-state index contributed by atoms with van der Waals surface area (Å²) in [5.74, 6) is -0.949. The topological polar surface area (TPSA) is 112 Å². The predicted octanol–water partition coefficient (Wildman–Crippen LogP) is 5.66. The van der Waals surface area contributed by atoms with Gasteiger partial charge in [-0.2, -0.15) is 15.2 Å². The van der Waals surface area contributed by atoms with Gasteiger partial charge in [0.2, 0.25) is 6.41 Å². The van der Waals surface area contributed by atoms with Crippen LogP contribution in [0.1, 0.15) is 37.7 Å². The lowest BCUT2D eigenvalue weighted by Crippen LogP contribution is -2.60. The van der Waals surface area contributed by atoms with Crippen molar-refractivity contribution >= 4 is 61.2 Å². The number of benzene rings is 2. The number of nitrogen functional groups attached to an aromatic ring is 1. The number of carbonyl (C=O) groups excluding carboxylic acids is 1. The van der Waals surface area contributed by atoms with Crippen LogP contribution in [0.25, 0.3) is 32.1 Å². The van der Waals surface area contributed by atoms with E-state index < -0.39 is 23.3 Å². The molecule has 1 spiro atoms. The molecule has 4 saturated heterocycles. The lowest BCUT2D eigenvalue weighted by Gasteiger charge is -2.48. The first-order valence-electron chi connectivity index (χ1n) is 15.3. The molecule has 238 valence electrons. The number of nitrogens with two attached hydrogens (primary N) is 1. The molecule has 4 aliphatic rings. The SMILES string of the molecule is N#Cc1c(N)sc2c(F)ccc(-c3c(Cl)cc4c(N5CCC6(CCN6C=O)C5)nc(OC[C@@]56CCCN5C[C@H](F)C6)nc4c3F)c12. The highest BCUT2D eigenvalue weighted by Crippen LogP contribution is 2.47. The molecule has 8 rings (SSSR count). The fourth-order valence-corrected chi connectivity index (χ4v) is 9.31. The van der Waals surface area contributed by atoms with Crippen LogP contribution in [-0.4, -0.2) is 82.8 Å². The fraction of sp³-hybridized carbons (Fsp3) is 0.438. The number of thiophene rings is 1. The van der Waals surface area contributed by atoms with E-state index in [1.807, 2.05) is 11.0 Å². The van der Waals surface area contributed by atoms with Crippen molar-refractivity contribution in [3.05, 3.63) is 40.4 Å². The van der Waals surface area contributed by atoms with Crippen LogP contribution in [0.15, 0.2) is 18.2 Å². The van der Waals surface area contributed by atoms with Gasteiger partial charge in [-0.1, -0.05) is 17.7 Å². The van der Waals surface area contributed by atoms with Gasteiger partial charge in [0, 0.05) is 48.9 Å². The number of alkyl halides is 1. The molecule has 6 heterocycles. The van der Waals surface area contributed by atoms with Crippen molar-refractivity contribution in [2.75, 3.05) is 50.0 Å². The Labute approximate surface area is 271 Å². The second-order valence-electron chi connectivity index (χ2n) is 12.8. The van der Waals surface area contributed by atoms with Crippen molar-refractivity contribution in [2.45, 2.75) is 49.4 Å². The third kappa shape index (κ3) is 4.26. The zero-order chi connectivity index (χ0) is 32.0. The third-order valence-corrected chi connectivity index (χ3v) is 11.8. The molecule has 4 aromatic rings. The van der Waals surface area contributed by atoms with Crippen LogP contribution in [0.4, 0.5) is 24.0 Å². The number of hydrogen-bond acceptors (Lipinski definition) is 9. The molecule has 0 saturated carbocycles. The number of amides is 1. The van der Waals surface area contributed by atoms with E-state index in [9.17, 15) is 18.8 Å². The number of nitriles is 1. The minimum Gasteiger partial charge on any atom is -0.461 e. The second kappa shape index (κ2) is 10.6. The molecule has 2 N–H and O–H groups in total. The summed E-state index contributed by atoms with van der Waals surface area (Å²) in [6.45, 7) is 3.04. The maximum atomic E-state index is 16.9. The summed E-state index contributed by atoms with van der Waals surface area (Å²) >= 11 is 7.73. The normalized spacial score (nSPS) is 25.8. The molecule has 3 atom stereocenters. The molecule has 46 heavy (non-hydrogen) atoms. The number of fused-ring (bicyclic) bond motifs is 3. The quantitative estimate of drug-likeness (QED) is 0.262. The van der Waals surface area contributed by atoms with Gasteiger partial charge in [0.1, 0.15) is 41.0 Å². The van der Waals surface area contributed by atoms with Crippen LogP contribution in [-0.2, 0) is 4.79 Å². The van der Waals surface area contributed by atoms with E-state index in [1.165, 1.54) is 12.1 Å². The zero-order valence-corrected chi connectivity index (χ0v) is 26.2. The van der Waals surface area contributed by atoms with Gasteiger partial charge in [-0.05, 0) is 49.9 Å². The first-order chi connectivity index (χ1) is 22.2. The average Bonchev–Trinajstić information content (AvgIpc) is 3.78. The van der Waals surface area contributed by atoms with E-state index in [-0.39, 0.29) is 60.5 Å². The Morgan fingerprint density at radius 1 is 1.22 bits per heavy atom. The van der Waals surface area contributed by atoms with Crippen LogP contribution < -0.4 is 15.4 Å². The Balaban J connectivity index is 1.28. The van der Waals surface area contributed by atoms with E-state index in [0.717, 1.165) is 50.0 Å². The van der Waals surface area contributed by atoms with Gasteiger partial charge >= 0.3 is 6.01 Å². The van der Waals surface area contributed by atoms with Gasteiger partial charge in [0.15, 0.2) is 5.82 Å². The van der Waals surface area contributed by atoms with E-state index in [2.05, 4.69) is 9.88 Å². The molecule has 2 aromatic carbocycles. The van der Waals surface area contributed by atoms with Crippen LogP contribution in [0.5, 0.6) is 6.01 Å². The standard InChI is InChI=1S/C32H29ClF3N7O2S/c33-21-10-19-26(25(36)24(21)18-2-3-22(35)27-23(18)20(12-37)28(38)46-27)39-30(45-15-32-4-1-7-42(32)13-17(34)11-32)40-29(19)41-8-5-31(14-41)6-9-43(31)16-44/h2-3,10,16-17H,1,4-9,11,13-15,38H2/t17-,31?,32+/m1/s1. The number of halogens is 4. The summed E-state index contributed by atoms with van der Waals surface area (Å²) in [4.78, 5) is 26.9. The van der Waals surface area contributed by atoms with Gasteiger partial charge in [-0.25, -0.2) is 13.2 Å². The highest BCUT2D eigenvalue weighted by molar-refractivity contribution is 7.23. The zero-order valence-electron chi connectivity index (χ0n) is 24.7. The monoisotopic (exact) mass is 667 g/mol. The number of carbonyl (C=O) groups is 1. The van der Waals surface area contributed by atoms with E-state index in [1.54, 1.807) is 11.0 Å². The first kappa shape index (κ1) is 29.5. The highest BCUT2D eigenvalue weighted by Gasteiger charge is 2.51. The van der Waals surface area contributed by atoms with Crippen LogP contribution >= 0.6 is 22.9 Å². The smallest absolute Gasteiger partial charge is 0.319 e. The van der Waals surface area contributed by atoms with Crippen molar-refractivity contribution < 1.29 is 22.7 Å². The first-order valence-corrected chi connectivity index (χ1v) is 16.5. The summed E-state index contributed by atoms with van der Waals surface area (Å²) in [6.07, 6.45) is 3.56. The minimum atomic E-state index is -0.944. The summed E-state index contributed by atoms with van der Waals surface area (Å²) in [5.41, 5.74) is 5.41. The molecular formula is C32H29ClF3N7O2S. The number of rotatable bonds is 6. The number of likely N-dealkylation sites (tertiary alicyclic amines) is 1. The Morgan fingerprint density at radius 2 is 2.04 bits per heavy atom. The summed E-state index contributed by atoms with van der Waals surface area (Å²) in [5, 5.41) is 10.5. The lowest BCUT2D eigenvalue weighted by atomic mass is 9.84. The largest absolute Gasteiger partial charge is 0.461 e. The summed E-state index contributed by atoms with van der Waals surface area (Å²) < 4.78 is 52.6. The Bertz CT molecular complexity index is 1990. The Morgan fingerprint density at radius 3 is 2.80 bits per heavy atom. The number of ether oxygens (including phenoxy) is 1. The van der Waals surface area contributed by atoms with Crippen molar-refractivity contribution in [3.63, 3.8) is 0 Å². The van der Waals surface area contributed by atoms with Gasteiger partial charge in [0.25, 0.3) is 0 Å². The van der Waals surface area contributed by atoms with Crippen molar-refractivity contribution in [1.29, 1.82) is 5.26 Å². The predicted molar refractivity (Wildman–Crippen MR) is 170 cm³/mol. The van der Waals surface area contributed by atoms with Crippen molar-refractivity contribution in [2.24, 2.45) is 0 Å². The molecule has 2 aromatic heterocycles. The molecule has 1 unspecified atom stereocenters. The minimum absolute atomic E-state index is 0.0255. The van der Waals surface area contributed by atoms with E-state index in [0.29, 0.717) is 43.8 Å². The fourth-order valence-electron chi connectivity index (χ4n) is 8.07. The number of anilines is 2. The van der Waals surface area contributed by atoms with Gasteiger partial charge in [-0.3, -0.25) is 9.69 Å². The molecule has 1 amide bonds. The molecule has 4 fully saturated rings. The molecular weight excluding hydrogens is 639 g/mol. The van der Waals surface area contributed by atoms with Gasteiger partial charge in [0.05, 0.1) is 26.4 Å². The molecule has 4 aliphatic heterocycles. The van der Waals surface area contributed by atoms with Crippen LogP contribution in [0.3, 0.4) is 0 Å². The molecule has 0 radical (unpaired) electrons. The highest BCUT2D eigenvalue weighted by atomic mass is 35.5. The number of hydrogen-bond donors (Lipinski definition) is 1. The number of nitrogens with zero attached hydrogens (tertiary/aromatic N) is 6. The second-order valence-corrected chi connectivity index (χ2v) is 14.3. The van der Waals surface area contributed by atoms with Crippen LogP contribution in [0, 0.1) is 23.0 Å². The van der Waals surface area contributed by atoms with Gasteiger partial charge < -0.3 is 20.3 Å². The lowest BCUT2D eigenvalue weighted by molar-refractivity contribution is -0.131. The molecule has 9 nitrogen and oxygen atoms in total. The van der Waals surface area contributed by atoms with E-state index in [4.69, 9.17) is 27.1 Å². The molecule has 14 heteroatoms. The van der Waals surface area contributed by atoms with Crippen LogP contribution in [0.2, 0.25) is 5.02 Å². The number of aromatic nitrogens is 2. The Hall–Kier alpha value is -3.86. The maximum Gasteiger partial charge on any atom is 0.319 e. The van der Waals surface area contributed by atoms with E-state index >= 15 is 4.39 Å². The van der Waals surface area contributed by atoms with Gasteiger partial charge in [-0.15, -0.1) is 11.3 Å². The van der Waals surface area contributed by atoms with Crippen molar-refractivity contribution in [3.8, 4) is 23.2 Å². The summed E-state index contributed by atoms with van der Waals surface area (Å²) in [6, 6.07) is 6.13. The molecule has 0 aliphatic carbocycles. The molecule has 0 bridgehead atoms. The summed E-state index contributed by atoms with van der Waals surface area (Å²) in [7, 11) is 0. The Kier molecular flexibility index (Phi) is 6.80. The third-order valence-electron chi connectivity index (χ3n) is 10.5. The van der Waals surface area contributed by atoms with Crippen molar-refractivity contribution in [1.82, 2.24) is 19.8 Å².